The first kappa shape index (κ1) is 17.6. The number of anilines is 1. The Morgan fingerprint density at radius 1 is 1.26 bits per heavy atom. The van der Waals surface area contributed by atoms with E-state index in [-0.39, 0.29) is 6.79 Å². The van der Waals surface area contributed by atoms with E-state index in [2.05, 4.69) is 32.3 Å². The van der Waals surface area contributed by atoms with Crippen molar-refractivity contribution in [1.29, 1.82) is 5.26 Å². The summed E-state index contributed by atoms with van der Waals surface area (Å²) < 4.78 is 11.7. The lowest BCUT2D eigenvalue weighted by atomic mass is 10.1. The first-order valence-corrected chi connectivity index (χ1v) is 9.80. The average Bonchev–Trinajstić information content (AvgIpc) is 3.32. The molecule has 0 amide bonds. The number of allylic oxidation sites excluding steroid dienone is 1. The Balaban J connectivity index is 1.58. The zero-order valence-corrected chi connectivity index (χ0v) is 16.7. The third-order valence-electron chi connectivity index (χ3n) is 4.02. The lowest BCUT2D eigenvalue weighted by Crippen LogP contribution is -1.93. The fraction of sp³-hybridized carbons (Fsp3) is 0.100. The largest absolute Gasteiger partial charge is 0.454 e. The van der Waals surface area contributed by atoms with Crippen molar-refractivity contribution < 1.29 is 9.47 Å². The summed E-state index contributed by atoms with van der Waals surface area (Å²) in [7, 11) is 0. The molecule has 5 nitrogen and oxygen atoms in total. The molecule has 0 saturated heterocycles. The number of hydrogen-bond acceptors (Lipinski definition) is 6. The van der Waals surface area contributed by atoms with Gasteiger partial charge in [0, 0.05) is 21.6 Å². The number of rotatable bonds is 4. The van der Waals surface area contributed by atoms with E-state index in [1.165, 1.54) is 11.3 Å². The predicted octanol–water partition coefficient (Wildman–Crippen LogP) is 5.59. The third kappa shape index (κ3) is 3.68. The molecule has 134 valence electrons. The van der Waals surface area contributed by atoms with Crippen LogP contribution in [0.4, 0.5) is 5.69 Å². The Kier molecular flexibility index (Phi) is 4.84. The van der Waals surface area contributed by atoms with E-state index < -0.39 is 0 Å². The van der Waals surface area contributed by atoms with Gasteiger partial charge in [-0.05, 0) is 58.7 Å². The number of halogens is 1. The van der Waals surface area contributed by atoms with Crippen molar-refractivity contribution in [2.75, 3.05) is 12.1 Å². The summed E-state index contributed by atoms with van der Waals surface area (Å²) in [5.74, 6) is 1.45. The number of hydrogen-bond donors (Lipinski definition) is 1. The summed E-state index contributed by atoms with van der Waals surface area (Å²) in [6, 6.07) is 13.9. The van der Waals surface area contributed by atoms with Gasteiger partial charge in [0.15, 0.2) is 11.5 Å². The molecule has 0 spiro atoms. The molecule has 0 bridgehead atoms. The molecule has 4 rings (SSSR count). The fourth-order valence-electron chi connectivity index (χ4n) is 2.61. The minimum absolute atomic E-state index is 0.239. The van der Waals surface area contributed by atoms with Crippen molar-refractivity contribution in [1.82, 2.24) is 4.98 Å². The average molecular weight is 440 g/mol. The monoisotopic (exact) mass is 439 g/mol. The van der Waals surface area contributed by atoms with E-state index in [0.717, 1.165) is 32.7 Å². The normalized spacial score (nSPS) is 12.7. The van der Waals surface area contributed by atoms with Crippen LogP contribution in [0.5, 0.6) is 11.5 Å². The van der Waals surface area contributed by atoms with Crippen LogP contribution >= 0.6 is 27.3 Å². The van der Waals surface area contributed by atoms with Crippen LogP contribution in [0, 0.1) is 18.3 Å². The SMILES string of the molecule is Cc1ccc(NC=C(C#N)c2nc(-c3ccc4c(c3)OCO4)cs2)c(Br)c1. The summed E-state index contributed by atoms with van der Waals surface area (Å²) in [6.07, 6.45) is 1.68. The molecule has 3 aromatic rings. The van der Waals surface area contributed by atoms with Gasteiger partial charge in [-0.2, -0.15) is 5.26 Å². The van der Waals surface area contributed by atoms with E-state index in [1.54, 1.807) is 6.20 Å². The molecule has 1 aromatic heterocycles. The molecule has 7 heteroatoms. The molecule has 2 heterocycles. The van der Waals surface area contributed by atoms with Crippen LogP contribution in [-0.4, -0.2) is 11.8 Å². The van der Waals surface area contributed by atoms with Crippen molar-refractivity contribution in [3.8, 4) is 28.8 Å². The van der Waals surface area contributed by atoms with Crippen molar-refractivity contribution in [3.05, 3.63) is 63.0 Å². The first-order chi connectivity index (χ1) is 13.1. The maximum absolute atomic E-state index is 9.54. The van der Waals surface area contributed by atoms with Gasteiger partial charge >= 0.3 is 0 Å². The quantitative estimate of drug-likeness (QED) is 0.536. The van der Waals surface area contributed by atoms with Crippen LogP contribution in [0.15, 0.2) is 52.5 Å². The lowest BCUT2D eigenvalue weighted by Gasteiger charge is -2.05. The predicted molar refractivity (Wildman–Crippen MR) is 110 cm³/mol. The second-order valence-corrected chi connectivity index (χ2v) is 7.62. The summed E-state index contributed by atoms with van der Waals surface area (Å²) in [5, 5.41) is 15.3. The maximum atomic E-state index is 9.54. The third-order valence-corrected chi connectivity index (χ3v) is 5.55. The summed E-state index contributed by atoms with van der Waals surface area (Å²) >= 11 is 4.95. The molecule has 0 unspecified atom stereocenters. The smallest absolute Gasteiger partial charge is 0.231 e. The van der Waals surface area contributed by atoms with Gasteiger partial charge in [0.2, 0.25) is 6.79 Å². The minimum atomic E-state index is 0.239. The molecule has 1 N–H and O–H groups in total. The van der Waals surface area contributed by atoms with Crippen LogP contribution in [0.3, 0.4) is 0 Å². The van der Waals surface area contributed by atoms with E-state index in [0.29, 0.717) is 16.3 Å². The topological polar surface area (TPSA) is 67.2 Å². The minimum Gasteiger partial charge on any atom is -0.454 e. The summed E-state index contributed by atoms with van der Waals surface area (Å²) in [6.45, 7) is 2.26. The number of nitrogens with one attached hydrogen (secondary N) is 1. The molecule has 0 fully saturated rings. The lowest BCUT2D eigenvalue weighted by molar-refractivity contribution is 0.174. The van der Waals surface area contributed by atoms with Crippen LogP contribution in [-0.2, 0) is 0 Å². The van der Waals surface area contributed by atoms with Crippen molar-refractivity contribution in [2.45, 2.75) is 6.92 Å². The number of benzene rings is 2. The van der Waals surface area contributed by atoms with E-state index >= 15 is 0 Å². The number of aryl methyl sites for hydroxylation is 1. The summed E-state index contributed by atoms with van der Waals surface area (Å²) in [4.78, 5) is 4.61. The number of aromatic nitrogens is 1. The second-order valence-electron chi connectivity index (χ2n) is 5.90. The van der Waals surface area contributed by atoms with Gasteiger partial charge in [0.05, 0.1) is 11.4 Å². The Hall–Kier alpha value is -2.82. The standard InChI is InChI=1S/C20H14BrN3O2S/c1-12-2-4-16(15(21)6-12)23-9-14(8-22)20-24-17(10-27-20)13-3-5-18-19(7-13)26-11-25-18/h2-7,9-10,23H,11H2,1H3. The molecule has 2 aromatic carbocycles. The second kappa shape index (κ2) is 7.43. The zero-order valence-electron chi connectivity index (χ0n) is 14.3. The van der Waals surface area contributed by atoms with E-state index in [1.807, 2.05) is 48.7 Å². The van der Waals surface area contributed by atoms with Crippen molar-refractivity contribution in [3.63, 3.8) is 0 Å². The van der Waals surface area contributed by atoms with Crippen molar-refractivity contribution >= 4 is 38.5 Å². The Morgan fingerprint density at radius 2 is 2.11 bits per heavy atom. The Morgan fingerprint density at radius 3 is 2.93 bits per heavy atom. The Labute approximate surface area is 169 Å². The number of ether oxygens (including phenoxy) is 2. The fourth-order valence-corrected chi connectivity index (χ4v) is 4.02. The number of nitriles is 1. The molecule has 0 atom stereocenters. The molecular weight excluding hydrogens is 426 g/mol. The zero-order chi connectivity index (χ0) is 18.8. The van der Waals surface area contributed by atoms with Gasteiger partial charge in [-0.25, -0.2) is 4.98 Å². The molecular formula is C20H14BrN3O2S. The number of thiazole rings is 1. The number of nitrogens with zero attached hydrogens (tertiary/aromatic N) is 2. The Bertz CT molecular complexity index is 1090. The first-order valence-electron chi connectivity index (χ1n) is 8.13. The van der Waals surface area contributed by atoms with Gasteiger partial charge in [-0.15, -0.1) is 11.3 Å². The molecule has 1 aliphatic heterocycles. The van der Waals surface area contributed by atoms with Gasteiger partial charge in [-0.1, -0.05) is 6.07 Å². The van der Waals surface area contributed by atoms with Crippen LogP contribution in [0.1, 0.15) is 10.6 Å². The van der Waals surface area contributed by atoms with Crippen molar-refractivity contribution in [2.24, 2.45) is 0 Å². The number of fused-ring (bicyclic) bond motifs is 1. The molecule has 27 heavy (non-hydrogen) atoms. The van der Waals surface area contributed by atoms with E-state index in [4.69, 9.17) is 9.47 Å². The molecule has 0 aliphatic carbocycles. The highest BCUT2D eigenvalue weighted by molar-refractivity contribution is 9.10. The van der Waals surface area contributed by atoms with Crippen LogP contribution in [0.25, 0.3) is 16.8 Å². The van der Waals surface area contributed by atoms with Gasteiger partial charge in [0.1, 0.15) is 16.6 Å². The highest BCUT2D eigenvalue weighted by atomic mass is 79.9. The molecule has 0 saturated carbocycles. The summed E-state index contributed by atoms with van der Waals surface area (Å²) in [5.41, 5.74) is 4.24. The van der Waals surface area contributed by atoms with Gasteiger partial charge in [0.25, 0.3) is 0 Å². The van der Waals surface area contributed by atoms with Crippen LogP contribution in [0.2, 0.25) is 0 Å². The highest BCUT2D eigenvalue weighted by Gasteiger charge is 2.16. The maximum Gasteiger partial charge on any atom is 0.231 e. The highest BCUT2D eigenvalue weighted by Crippen LogP contribution is 2.36. The van der Waals surface area contributed by atoms with Crippen LogP contribution < -0.4 is 14.8 Å². The molecule has 0 radical (unpaired) electrons. The molecule has 1 aliphatic rings. The van der Waals surface area contributed by atoms with Gasteiger partial charge in [-0.3, -0.25) is 0 Å². The van der Waals surface area contributed by atoms with Gasteiger partial charge < -0.3 is 14.8 Å². The van der Waals surface area contributed by atoms with E-state index in [9.17, 15) is 5.26 Å².